The summed E-state index contributed by atoms with van der Waals surface area (Å²) in [5.41, 5.74) is 1.62. The molecule has 13 heteroatoms. The van der Waals surface area contributed by atoms with Crippen LogP contribution in [-0.2, 0) is 19.6 Å². The summed E-state index contributed by atoms with van der Waals surface area (Å²) in [5.74, 6) is 5.10. The van der Waals surface area contributed by atoms with Gasteiger partial charge in [0.15, 0.2) is 0 Å². The van der Waals surface area contributed by atoms with Crippen molar-refractivity contribution in [3.63, 3.8) is 0 Å². The fourth-order valence-corrected chi connectivity index (χ4v) is 8.06. The van der Waals surface area contributed by atoms with Crippen molar-refractivity contribution in [1.29, 1.82) is 0 Å². The molecule has 2 fully saturated rings. The first-order valence-electron chi connectivity index (χ1n) is 11.7. The highest BCUT2D eigenvalue weighted by molar-refractivity contribution is 8.01. The van der Waals surface area contributed by atoms with Crippen molar-refractivity contribution in [2.75, 3.05) is 46.4 Å². The van der Waals surface area contributed by atoms with E-state index >= 15 is 0 Å². The summed E-state index contributed by atoms with van der Waals surface area (Å²) in [5, 5.41) is 9.03. The Bertz CT molecular complexity index is 1110. The zero-order valence-electron chi connectivity index (χ0n) is 21.5. The third-order valence-corrected chi connectivity index (χ3v) is 9.66. The molecule has 0 spiro atoms. The van der Waals surface area contributed by atoms with Gasteiger partial charge in [0.25, 0.3) is 5.91 Å². The molecule has 2 aliphatic rings. The highest BCUT2D eigenvalue weighted by Gasteiger charge is 2.51. The van der Waals surface area contributed by atoms with Crippen LogP contribution >= 0.6 is 24.2 Å². The lowest BCUT2D eigenvalue weighted by molar-refractivity contribution is -0.134. The lowest BCUT2D eigenvalue weighted by Gasteiger charge is -2.47. The number of hydroxylamine groups is 1. The van der Waals surface area contributed by atoms with E-state index < -0.39 is 26.7 Å². The molecule has 2 atom stereocenters. The van der Waals surface area contributed by atoms with Gasteiger partial charge in [-0.2, -0.15) is 4.31 Å². The molecule has 2 aliphatic heterocycles. The molecule has 0 saturated carbocycles. The molecule has 206 valence electrons. The zero-order chi connectivity index (χ0) is 26.5. The van der Waals surface area contributed by atoms with Crippen molar-refractivity contribution in [3.8, 4) is 17.6 Å². The van der Waals surface area contributed by atoms with Gasteiger partial charge in [-0.15, -0.1) is 30.1 Å². The predicted octanol–water partition coefficient (Wildman–Crippen LogP) is 1.43. The summed E-state index contributed by atoms with van der Waals surface area (Å²) < 4.78 is 33.1. The van der Waals surface area contributed by atoms with Crippen LogP contribution in [-0.4, -0.2) is 102 Å². The van der Waals surface area contributed by atoms with Gasteiger partial charge in [-0.1, -0.05) is 5.92 Å². The molecule has 0 aromatic heterocycles. The van der Waals surface area contributed by atoms with Crippen molar-refractivity contribution in [2.45, 2.75) is 48.1 Å². The van der Waals surface area contributed by atoms with Crippen LogP contribution in [0.1, 0.15) is 27.2 Å². The highest BCUT2D eigenvalue weighted by atomic mass is 35.5. The maximum atomic E-state index is 13.7. The number of sulfonamides is 1. The van der Waals surface area contributed by atoms with Gasteiger partial charge in [0.2, 0.25) is 15.9 Å². The van der Waals surface area contributed by atoms with Crippen LogP contribution in [0.2, 0.25) is 0 Å². The van der Waals surface area contributed by atoms with Gasteiger partial charge in [0.1, 0.15) is 18.4 Å². The van der Waals surface area contributed by atoms with Crippen LogP contribution in [0.15, 0.2) is 29.2 Å². The molecular weight excluding hydrogens is 540 g/mol. The van der Waals surface area contributed by atoms with Gasteiger partial charge in [-0.05, 0) is 52.1 Å². The molecule has 1 aromatic rings. The molecule has 0 bridgehead atoms. The summed E-state index contributed by atoms with van der Waals surface area (Å²) in [4.78, 5) is 29.6. The fraction of sp³-hybridized carbons (Fsp3) is 0.583. The highest BCUT2D eigenvalue weighted by Crippen LogP contribution is 2.43. The van der Waals surface area contributed by atoms with Crippen LogP contribution in [0.25, 0.3) is 0 Å². The van der Waals surface area contributed by atoms with Crippen molar-refractivity contribution in [2.24, 2.45) is 0 Å². The van der Waals surface area contributed by atoms with Crippen LogP contribution in [0.5, 0.6) is 5.75 Å². The lowest BCUT2D eigenvalue weighted by Crippen LogP contribution is -2.63. The van der Waals surface area contributed by atoms with E-state index in [2.05, 4.69) is 16.7 Å². The average molecular weight is 575 g/mol. The molecule has 2 N–H and O–H groups in total. The second-order valence-electron chi connectivity index (χ2n) is 9.37. The molecule has 0 radical (unpaired) electrons. The molecule has 0 aliphatic carbocycles. The number of nitrogens with zero attached hydrogens (tertiary/aromatic N) is 3. The third kappa shape index (κ3) is 7.52. The lowest BCUT2D eigenvalue weighted by atomic mass is 10.0. The third-order valence-electron chi connectivity index (χ3n) is 6.34. The summed E-state index contributed by atoms with van der Waals surface area (Å²) in [7, 11) is -2.14. The number of carbonyl (C=O) groups is 2. The minimum atomic E-state index is -4.15. The number of nitrogens with one attached hydrogen (secondary N) is 1. The van der Waals surface area contributed by atoms with Gasteiger partial charge < -0.3 is 14.5 Å². The van der Waals surface area contributed by atoms with Crippen LogP contribution < -0.4 is 10.2 Å². The number of hydrogen-bond acceptors (Lipinski definition) is 8. The number of hydrogen-bond donors (Lipinski definition) is 2. The Morgan fingerprint density at radius 2 is 1.81 bits per heavy atom. The molecule has 1 aromatic carbocycles. The number of rotatable bonds is 7. The van der Waals surface area contributed by atoms with Crippen molar-refractivity contribution in [3.05, 3.63) is 24.3 Å². The zero-order valence-corrected chi connectivity index (χ0v) is 23.9. The molecule has 2 unspecified atom stereocenters. The number of amides is 2. The topological polar surface area (TPSA) is 119 Å². The van der Waals surface area contributed by atoms with Crippen molar-refractivity contribution < 1.29 is 28.0 Å². The van der Waals surface area contributed by atoms with Crippen LogP contribution in [0, 0.1) is 11.8 Å². The molecule has 10 nitrogen and oxygen atoms in total. The summed E-state index contributed by atoms with van der Waals surface area (Å²) in [6, 6.07) is 4.71. The Balaban J connectivity index is 0.00000481. The monoisotopic (exact) mass is 574 g/mol. The molecule has 3 rings (SSSR count). The largest absolute Gasteiger partial charge is 0.481 e. The maximum absolute atomic E-state index is 13.7. The van der Waals surface area contributed by atoms with E-state index in [1.165, 1.54) is 36.0 Å². The SMILES string of the molecule is CC#CCOc1ccc(S(=O)(=O)N2CC(CC(=O)N3CCN(C)CC3)SC(C)(C)C2C(=O)NO)cc1.Cl. The number of carbonyl (C=O) groups excluding carboxylic acids is 2. The van der Waals surface area contributed by atoms with E-state index in [1.54, 1.807) is 31.2 Å². The Morgan fingerprint density at radius 3 is 2.38 bits per heavy atom. The standard InChI is InChI=1S/C24H34N4O6S2.ClH/c1-5-6-15-34-18-7-9-20(10-8-18)36(32,33)28-17-19(35-24(2,3)22(28)23(30)25-31)16-21(29)27-13-11-26(4)12-14-27;/h7-10,19,22,31H,11-17H2,1-4H3,(H,25,30);1H. The van der Waals surface area contributed by atoms with Gasteiger partial charge in [0.05, 0.1) is 4.90 Å². The normalized spacial score (nSPS) is 22.2. The Hall–Kier alpha value is -2.01. The second-order valence-corrected chi connectivity index (χ2v) is 13.2. The maximum Gasteiger partial charge on any atom is 0.263 e. The van der Waals surface area contributed by atoms with Gasteiger partial charge in [0, 0.05) is 49.1 Å². The Labute approximate surface area is 229 Å². The predicted molar refractivity (Wildman–Crippen MR) is 144 cm³/mol. The number of likely N-dealkylation sites (N-methyl/N-ethyl adjacent to an activating group) is 1. The molecule has 2 amide bonds. The Morgan fingerprint density at radius 1 is 1.19 bits per heavy atom. The number of thioether (sulfide) groups is 1. The van der Waals surface area contributed by atoms with E-state index in [0.29, 0.717) is 18.8 Å². The number of benzene rings is 1. The number of ether oxygens (including phenoxy) is 1. The fourth-order valence-electron chi connectivity index (χ4n) is 4.45. The summed E-state index contributed by atoms with van der Waals surface area (Å²) >= 11 is 1.39. The van der Waals surface area contributed by atoms with Gasteiger partial charge in [-0.3, -0.25) is 14.8 Å². The summed E-state index contributed by atoms with van der Waals surface area (Å²) in [6.45, 7) is 8.18. The van der Waals surface area contributed by atoms with Gasteiger partial charge >= 0.3 is 0 Å². The van der Waals surface area contributed by atoms with Crippen LogP contribution in [0.3, 0.4) is 0 Å². The smallest absolute Gasteiger partial charge is 0.263 e. The first kappa shape index (κ1) is 31.2. The molecule has 2 saturated heterocycles. The molecule has 37 heavy (non-hydrogen) atoms. The van der Waals surface area contributed by atoms with Crippen LogP contribution in [0.4, 0.5) is 0 Å². The van der Waals surface area contributed by atoms with E-state index in [9.17, 15) is 23.2 Å². The summed E-state index contributed by atoms with van der Waals surface area (Å²) in [6.07, 6.45) is 0.155. The van der Waals surface area contributed by atoms with E-state index in [1.807, 2.05) is 7.05 Å². The number of piperazine rings is 1. The molecular formula is C24H35ClN4O6S2. The minimum absolute atomic E-state index is 0. The molecule has 2 heterocycles. The van der Waals surface area contributed by atoms with Crippen molar-refractivity contribution >= 4 is 46.0 Å². The quantitative estimate of drug-likeness (QED) is 0.285. The first-order valence-corrected chi connectivity index (χ1v) is 14.0. The van der Waals surface area contributed by atoms with Crippen molar-refractivity contribution in [1.82, 2.24) is 19.6 Å². The Kier molecular flexibility index (Phi) is 11.1. The number of halogens is 1. The second kappa shape index (κ2) is 13.2. The first-order chi connectivity index (χ1) is 17.0. The van der Waals surface area contributed by atoms with E-state index in [4.69, 9.17) is 4.74 Å². The van der Waals surface area contributed by atoms with E-state index in [-0.39, 0.29) is 48.0 Å². The average Bonchev–Trinajstić information content (AvgIpc) is 2.83. The minimum Gasteiger partial charge on any atom is -0.481 e. The van der Waals surface area contributed by atoms with E-state index in [0.717, 1.165) is 17.4 Å². The van der Waals surface area contributed by atoms with Gasteiger partial charge in [-0.25, -0.2) is 13.9 Å².